The van der Waals surface area contributed by atoms with Gasteiger partial charge in [0.25, 0.3) is 5.91 Å². The van der Waals surface area contributed by atoms with Crippen molar-refractivity contribution in [1.82, 2.24) is 4.98 Å². The fourth-order valence-electron chi connectivity index (χ4n) is 4.86. The topological polar surface area (TPSA) is 112 Å². The van der Waals surface area contributed by atoms with Crippen LogP contribution >= 0.6 is 0 Å². The number of carbonyl (C=O) groups excluding carboxylic acids is 4. The summed E-state index contributed by atoms with van der Waals surface area (Å²) in [6.45, 7) is 14.9. The molecule has 1 aliphatic heterocycles. The van der Waals surface area contributed by atoms with Crippen molar-refractivity contribution in [2.45, 2.75) is 92.1 Å². The monoisotopic (exact) mass is 502 g/mol. The van der Waals surface area contributed by atoms with Gasteiger partial charge in [-0.05, 0) is 76.8 Å². The molecule has 2 amide bonds. The highest BCUT2D eigenvalue weighted by atomic mass is 16.6. The van der Waals surface area contributed by atoms with Crippen LogP contribution in [0.1, 0.15) is 85.2 Å². The summed E-state index contributed by atoms with van der Waals surface area (Å²) in [6, 6.07) is 1.75. The van der Waals surface area contributed by atoms with E-state index < -0.39 is 41.4 Å². The van der Waals surface area contributed by atoms with Gasteiger partial charge in [0.05, 0.1) is 31.0 Å². The molecule has 36 heavy (non-hydrogen) atoms. The van der Waals surface area contributed by atoms with E-state index in [-0.39, 0.29) is 30.0 Å². The lowest BCUT2D eigenvalue weighted by atomic mass is 9.71. The number of ether oxygens (including phenoxy) is 3. The first-order valence-corrected chi connectivity index (χ1v) is 12.6. The van der Waals surface area contributed by atoms with E-state index >= 15 is 0 Å². The molecule has 1 aliphatic carbocycles. The van der Waals surface area contributed by atoms with Crippen LogP contribution in [0.2, 0.25) is 0 Å². The summed E-state index contributed by atoms with van der Waals surface area (Å²) in [6.07, 6.45) is 0.717. The first kappa shape index (κ1) is 27.6. The molecule has 0 bridgehead atoms. The van der Waals surface area contributed by atoms with Gasteiger partial charge in [0.1, 0.15) is 5.60 Å². The number of anilines is 1. The second-order valence-electron chi connectivity index (χ2n) is 11.5. The van der Waals surface area contributed by atoms with Crippen molar-refractivity contribution in [2.75, 3.05) is 18.1 Å². The lowest BCUT2D eigenvalue weighted by Gasteiger charge is -2.35. The van der Waals surface area contributed by atoms with E-state index in [1.807, 2.05) is 0 Å². The Morgan fingerprint density at radius 1 is 1.08 bits per heavy atom. The van der Waals surface area contributed by atoms with E-state index in [1.165, 1.54) is 0 Å². The normalized spacial score (nSPS) is 21.5. The number of hydrogen-bond donors (Lipinski definition) is 0. The van der Waals surface area contributed by atoms with Crippen LogP contribution in [0.25, 0.3) is 0 Å². The van der Waals surface area contributed by atoms with E-state index in [2.05, 4.69) is 20.8 Å². The number of nitrogens with zero attached hydrogens (tertiary/aromatic N) is 2. The maximum absolute atomic E-state index is 14.0. The van der Waals surface area contributed by atoms with Gasteiger partial charge in [-0.25, -0.2) is 9.69 Å². The molecule has 0 saturated carbocycles. The molecule has 2 aliphatic rings. The van der Waals surface area contributed by atoms with E-state index in [4.69, 9.17) is 19.2 Å². The minimum absolute atomic E-state index is 0.0172. The van der Waals surface area contributed by atoms with Crippen molar-refractivity contribution < 1.29 is 33.4 Å². The van der Waals surface area contributed by atoms with E-state index in [0.29, 0.717) is 12.3 Å². The number of fused-ring (bicyclic) bond motifs is 2. The molecule has 0 aromatic carbocycles. The molecule has 3 rings (SSSR count). The van der Waals surface area contributed by atoms with Crippen molar-refractivity contribution in [3.8, 4) is 0 Å². The minimum Gasteiger partial charge on any atom is -0.466 e. The number of hydrogen-bond acceptors (Lipinski definition) is 8. The summed E-state index contributed by atoms with van der Waals surface area (Å²) in [5, 5.41) is 0. The highest BCUT2D eigenvalue weighted by molar-refractivity contribution is 6.29. The molecule has 0 saturated heterocycles. The van der Waals surface area contributed by atoms with E-state index in [9.17, 15) is 19.2 Å². The number of carbonyl (C=O) groups is 4. The van der Waals surface area contributed by atoms with E-state index in [0.717, 1.165) is 29.0 Å². The number of rotatable bonds is 5. The molecule has 9 heteroatoms. The van der Waals surface area contributed by atoms with Crippen molar-refractivity contribution in [2.24, 2.45) is 11.3 Å². The zero-order valence-corrected chi connectivity index (χ0v) is 22.6. The Hall–Kier alpha value is -2.97. The molecule has 0 N–H and O–H groups in total. The van der Waals surface area contributed by atoms with Crippen molar-refractivity contribution in [3.63, 3.8) is 0 Å². The average molecular weight is 503 g/mol. The van der Waals surface area contributed by atoms with Crippen LogP contribution in [-0.2, 0) is 46.9 Å². The van der Waals surface area contributed by atoms with Gasteiger partial charge >= 0.3 is 18.0 Å². The van der Waals surface area contributed by atoms with Crippen LogP contribution in [0, 0.1) is 11.3 Å². The van der Waals surface area contributed by atoms with Crippen molar-refractivity contribution in [1.29, 1.82) is 0 Å². The smallest absolute Gasteiger partial charge is 0.421 e. The van der Waals surface area contributed by atoms with Gasteiger partial charge in [-0.2, -0.15) is 0 Å². The van der Waals surface area contributed by atoms with Gasteiger partial charge in [-0.3, -0.25) is 19.4 Å². The first-order chi connectivity index (χ1) is 16.7. The van der Waals surface area contributed by atoms with Crippen LogP contribution in [0.15, 0.2) is 6.07 Å². The van der Waals surface area contributed by atoms with Gasteiger partial charge in [0, 0.05) is 5.69 Å². The Balaban J connectivity index is 2.24. The Morgan fingerprint density at radius 2 is 1.72 bits per heavy atom. The van der Waals surface area contributed by atoms with Gasteiger partial charge in [0.2, 0.25) is 5.41 Å². The number of aromatic nitrogens is 1. The molecular formula is C27H38N2O7. The maximum atomic E-state index is 14.0. The minimum atomic E-state index is -2.13. The summed E-state index contributed by atoms with van der Waals surface area (Å²) >= 11 is 0. The lowest BCUT2D eigenvalue weighted by molar-refractivity contribution is -0.160. The van der Waals surface area contributed by atoms with Gasteiger partial charge in [-0.15, -0.1) is 0 Å². The van der Waals surface area contributed by atoms with Gasteiger partial charge < -0.3 is 14.2 Å². The highest BCUT2D eigenvalue weighted by Gasteiger charge is 2.63. The highest BCUT2D eigenvalue weighted by Crippen LogP contribution is 2.47. The molecule has 1 aromatic rings. The molecule has 2 heterocycles. The molecule has 0 radical (unpaired) electrons. The number of amides is 2. The van der Waals surface area contributed by atoms with Crippen LogP contribution < -0.4 is 4.90 Å². The summed E-state index contributed by atoms with van der Waals surface area (Å²) in [5.74, 6) is -2.24. The largest absolute Gasteiger partial charge is 0.466 e. The summed E-state index contributed by atoms with van der Waals surface area (Å²) in [7, 11) is 0. The lowest BCUT2D eigenvalue weighted by Crippen LogP contribution is -2.51. The van der Waals surface area contributed by atoms with Crippen molar-refractivity contribution >= 4 is 29.6 Å². The third kappa shape index (κ3) is 5.11. The Bertz CT molecular complexity index is 1070. The molecule has 198 valence electrons. The van der Waals surface area contributed by atoms with Crippen LogP contribution in [0.4, 0.5) is 10.5 Å². The molecular weight excluding hydrogens is 464 g/mol. The molecule has 2 atom stereocenters. The van der Waals surface area contributed by atoms with Crippen LogP contribution in [0.3, 0.4) is 0 Å². The standard InChI is InChI=1S/C27H38N2O7/c1-9-34-20(30)15-27(23(32)35-10-2)21-19(29(22(27)31)24(33)36-26(6,7)8)14-16-13-17(25(3,4)5)11-12-18(16)28-21/h14,17H,9-13,15H2,1-8H3. The predicted molar refractivity (Wildman–Crippen MR) is 132 cm³/mol. The summed E-state index contributed by atoms with van der Waals surface area (Å²) in [4.78, 5) is 59.0. The quantitative estimate of drug-likeness (QED) is 0.333. The first-order valence-electron chi connectivity index (χ1n) is 12.6. The number of aryl methyl sites for hydroxylation is 1. The zero-order valence-electron chi connectivity index (χ0n) is 22.6. The second kappa shape index (κ2) is 9.82. The Labute approximate surface area is 212 Å². The fraction of sp³-hybridized carbons (Fsp3) is 0.667. The Morgan fingerprint density at radius 3 is 2.28 bits per heavy atom. The van der Waals surface area contributed by atoms with Crippen LogP contribution in [-0.4, -0.2) is 47.7 Å². The maximum Gasteiger partial charge on any atom is 0.421 e. The molecule has 2 unspecified atom stereocenters. The Kier molecular flexibility index (Phi) is 7.54. The third-order valence-electron chi connectivity index (χ3n) is 6.72. The van der Waals surface area contributed by atoms with Gasteiger partial charge in [0.15, 0.2) is 0 Å². The fourth-order valence-corrected chi connectivity index (χ4v) is 4.86. The second-order valence-corrected chi connectivity index (χ2v) is 11.5. The van der Waals surface area contributed by atoms with E-state index in [1.54, 1.807) is 40.7 Å². The molecule has 1 aromatic heterocycles. The molecule has 9 nitrogen and oxygen atoms in total. The number of esters is 2. The van der Waals surface area contributed by atoms with Gasteiger partial charge in [-0.1, -0.05) is 20.8 Å². The third-order valence-corrected chi connectivity index (χ3v) is 6.72. The predicted octanol–water partition coefficient (Wildman–Crippen LogP) is 4.27. The number of pyridine rings is 1. The zero-order chi connectivity index (χ0) is 27.1. The molecule has 0 fully saturated rings. The SMILES string of the molecule is CCOC(=O)CC1(C(=O)OCC)C(=O)N(C(=O)OC(C)(C)C)c2cc3c(nc21)CCC(C(C)(C)C)C3. The van der Waals surface area contributed by atoms with Crippen molar-refractivity contribution in [3.05, 3.63) is 23.0 Å². The average Bonchev–Trinajstić information content (AvgIpc) is 2.98. The number of imide groups is 1. The molecule has 0 spiro atoms. The summed E-state index contributed by atoms with van der Waals surface area (Å²) < 4.78 is 15.9. The van der Waals surface area contributed by atoms with Crippen LogP contribution in [0.5, 0.6) is 0 Å². The summed E-state index contributed by atoms with van der Waals surface area (Å²) in [5.41, 5.74) is -1.10.